The smallest absolute Gasteiger partial charge is 0.383 e. The second-order valence-electron chi connectivity index (χ2n) is 8.42. The van der Waals surface area contributed by atoms with Crippen molar-refractivity contribution in [3.05, 3.63) is 52.9 Å². The van der Waals surface area contributed by atoms with E-state index in [0.29, 0.717) is 36.6 Å². The molecule has 1 aliphatic rings. The highest BCUT2D eigenvalue weighted by Gasteiger charge is 2.35. The molecule has 6 nitrogen and oxygen atoms in total. The van der Waals surface area contributed by atoms with Gasteiger partial charge >= 0.3 is 6.18 Å². The van der Waals surface area contributed by atoms with Crippen LogP contribution in [0.1, 0.15) is 35.5 Å². The highest BCUT2D eigenvalue weighted by Crippen LogP contribution is 2.39. The van der Waals surface area contributed by atoms with E-state index in [1.54, 1.807) is 18.3 Å². The Hall–Kier alpha value is -2.63. The predicted octanol–water partition coefficient (Wildman–Crippen LogP) is 5.31. The third-order valence-electron chi connectivity index (χ3n) is 5.77. The normalized spacial score (nSPS) is 19.7. The molecule has 0 saturated carbocycles. The van der Waals surface area contributed by atoms with Crippen LogP contribution in [0.5, 0.6) is 0 Å². The summed E-state index contributed by atoms with van der Waals surface area (Å²) in [6, 6.07) is 6.33. The monoisotopic (exact) mass is 495 g/mol. The number of hydrogen-bond donors (Lipinski definition) is 2. The molecule has 0 aliphatic carbocycles. The summed E-state index contributed by atoms with van der Waals surface area (Å²) in [5.74, 6) is -0.151. The number of benzene rings is 1. The van der Waals surface area contributed by atoms with Gasteiger partial charge in [-0.25, -0.2) is 19.3 Å². The van der Waals surface area contributed by atoms with Crippen LogP contribution in [-0.4, -0.2) is 51.3 Å². The number of nitrogens with one attached hydrogen (secondary N) is 1. The molecule has 4 rings (SSSR count). The summed E-state index contributed by atoms with van der Waals surface area (Å²) in [4.78, 5) is 14.8. The lowest BCUT2D eigenvalue weighted by molar-refractivity contribution is -0.141. The van der Waals surface area contributed by atoms with Crippen molar-refractivity contribution in [3.8, 4) is 10.4 Å². The minimum absolute atomic E-state index is 0.151. The molecule has 2 aromatic heterocycles. The fraction of sp³-hybridized carbons (Fsp3) is 0.435. The van der Waals surface area contributed by atoms with E-state index in [1.807, 2.05) is 17.9 Å². The van der Waals surface area contributed by atoms with Crippen molar-refractivity contribution in [1.29, 1.82) is 0 Å². The van der Waals surface area contributed by atoms with Crippen LogP contribution in [-0.2, 0) is 11.8 Å². The number of aliphatic hydroxyl groups is 1. The van der Waals surface area contributed by atoms with E-state index in [-0.39, 0.29) is 5.95 Å². The van der Waals surface area contributed by atoms with Crippen molar-refractivity contribution >= 4 is 23.0 Å². The molecular formula is C23H25F4N5OS. The third kappa shape index (κ3) is 5.70. The van der Waals surface area contributed by atoms with Gasteiger partial charge in [0.25, 0.3) is 0 Å². The molecule has 1 saturated heterocycles. The van der Waals surface area contributed by atoms with Gasteiger partial charge in [-0.15, -0.1) is 11.3 Å². The fourth-order valence-corrected chi connectivity index (χ4v) is 5.11. The number of halogens is 4. The summed E-state index contributed by atoms with van der Waals surface area (Å²) < 4.78 is 51.6. The standard InChI is InChI=1S/C23H25F4N5OS/c1-15-11-16(13-17(12-15)30-21-28-7-3-19(31-21)23(25,26)27)18-14-29-20(34-18)22(33)4-2-8-32(9-5-22)10-6-24/h3,7,11-14,33H,2,4-6,8-10H2,1H3,(H,28,30,31). The highest BCUT2D eigenvalue weighted by molar-refractivity contribution is 7.15. The molecule has 3 aromatic rings. The van der Waals surface area contributed by atoms with Crippen molar-refractivity contribution in [1.82, 2.24) is 19.9 Å². The molecule has 1 aliphatic heterocycles. The van der Waals surface area contributed by atoms with Crippen molar-refractivity contribution in [2.75, 3.05) is 31.6 Å². The van der Waals surface area contributed by atoms with Crippen molar-refractivity contribution in [3.63, 3.8) is 0 Å². The van der Waals surface area contributed by atoms with E-state index in [9.17, 15) is 22.7 Å². The van der Waals surface area contributed by atoms with Gasteiger partial charge in [0.2, 0.25) is 5.95 Å². The molecule has 0 bridgehead atoms. The molecule has 1 unspecified atom stereocenters. The van der Waals surface area contributed by atoms with E-state index >= 15 is 0 Å². The van der Waals surface area contributed by atoms with E-state index in [0.717, 1.165) is 41.2 Å². The lowest BCUT2D eigenvalue weighted by Gasteiger charge is -2.24. The number of aromatic nitrogens is 3. The predicted molar refractivity (Wildman–Crippen MR) is 123 cm³/mol. The average Bonchev–Trinajstić information content (AvgIpc) is 3.21. The van der Waals surface area contributed by atoms with Crippen LogP contribution < -0.4 is 5.32 Å². The van der Waals surface area contributed by atoms with Gasteiger partial charge in [0, 0.05) is 31.2 Å². The number of anilines is 2. The number of aryl methyl sites for hydroxylation is 1. The first-order valence-electron chi connectivity index (χ1n) is 10.9. The first-order chi connectivity index (χ1) is 16.2. The number of thiazole rings is 1. The van der Waals surface area contributed by atoms with Crippen LogP contribution in [0.25, 0.3) is 10.4 Å². The molecule has 182 valence electrons. The third-order valence-corrected chi connectivity index (χ3v) is 7.01. The van der Waals surface area contributed by atoms with Gasteiger partial charge in [-0.2, -0.15) is 13.2 Å². The Morgan fingerprint density at radius 2 is 2.00 bits per heavy atom. The summed E-state index contributed by atoms with van der Waals surface area (Å²) in [5, 5.41) is 14.7. The molecule has 34 heavy (non-hydrogen) atoms. The van der Waals surface area contributed by atoms with Gasteiger partial charge in [0.05, 0.1) is 4.88 Å². The highest BCUT2D eigenvalue weighted by atomic mass is 32.1. The molecular weight excluding hydrogens is 470 g/mol. The molecule has 1 aromatic carbocycles. The molecule has 0 radical (unpaired) electrons. The van der Waals surface area contributed by atoms with Gasteiger partial charge < -0.3 is 15.3 Å². The topological polar surface area (TPSA) is 74.2 Å². The Kier molecular flexibility index (Phi) is 7.15. The lowest BCUT2D eigenvalue weighted by Crippen LogP contribution is -2.30. The number of nitrogens with zero attached hydrogens (tertiary/aromatic N) is 4. The van der Waals surface area contributed by atoms with Gasteiger partial charge in [0.1, 0.15) is 23.0 Å². The first kappa shape index (κ1) is 24.5. The lowest BCUT2D eigenvalue weighted by atomic mass is 9.96. The maximum absolute atomic E-state index is 13.0. The van der Waals surface area contributed by atoms with Crippen LogP contribution >= 0.6 is 11.3 Å². The Morgan fingerprint density at radius 1 is 1.18 bits per heavy atom. The van der Waals surface area contributed by atoms with Crippen molar-refractivity contribution in [2.24, 2.45) is 0 Å². The number of rotatable bonds is 6. The number of alkyl halides is 4. The van der Waals surface area contributed by atoms with Crippen LogP contribution in [0.4, 0.5) is 29.2 Å². The van der Waals surface area contributed by atoms with Gasteiger partial charge in [-0.3, -0.25) is 0 Å². The Balaban J connectivity index is 1.55. The maximum atomic E-state index is 13.0. The largest absolute Gasteiger partial charge is 0.433 e. The van der Waals surface area contributed by atoms with Crippen LogP contribution in [0, 0.1) is 6.92 Å². The summed E-state index contributed by atoms with van der Waals surface area (Å²) in [5.41, 5.74) is 0.155. The first-order valence-corrected chi connectivity index (χ1v) is 11.7. The van der Waals surface area contributed by atoms with Crippen molar-refractivity contribution < 1.29 is 22.7 Å². The quantitative estimate of drug-likeness (QED) is 0.452. The van der Waals surface area contributed by atoms with Gasteiger partial charge in [0.15, 0.2) is 0 Å². The van der Waals surface area contributed by atoms with Crippen LogP contribution in [0.2, 0.25) is 0 Å². The zero-order valence-corrected chi connectivity index (χ0v) is 19.4. The number of likely N-dealkylation sites (tertiary alicyclic amines) is 1. The molecule has 1 atom stereocenters. The summed E-state index contributed by atoms with van der Waals surface area (Å²) >= 11 is 1.38. The fourth-order valence-electron chi connectivity index (χ4n) is 4.06. The average molecular weight is 496 g/mol. The van der Waals surface area contributed by atoms with Crippen molar-refractivity contribution in [2.45, 2.75) is 38.0 Å². The zero-order valence-electron chi connectivity index (χ0n) is 18.6. The van der Waals surface area contributed by atoms with E-state index in [2.05, 4.69) is 20.3 Å². The van der Waals surface area contributed by atoms with E-state index in [1.165, 1.54) is 11.3 Å². The van der Waals surface area contributed by atoms with Gasteiger partial charge in [-0.1, -0.05) is 6.07 Å². The Bertz CT molecular complexity index is 1140. The van der Waals surface area contributed by atoms with Crippen LogP contribution in [0.3, 0.4) is 0 Å². The Morgan fingerprint density at radius 3 is 2.76 bits per heavy atom. The van der Waals surface area contributed by atoms with E-state index in [4.69, 9.17) is 0 Å². The summed E-state index contributed by atoms with van der Waals surface area (Å²) in [6.45, 7) is 3.19. The molecule has 11 heteroatoms. The molecule has 2 N–H and O–H groups in total. The SMILES string of the molecule is Cc1cc(Nc2nccc(C(F)(F)F)n2)cc(-c2cnc(C3(O)CCCN(CCF)CC3)s2)c1. The molecule has 0 spiro atoms. The zero-order chi connectivity index (χ0) is 24.3. The minimum Gasteiger partial charge on any atom is -0.383 e. The number of hydrogen-bond acceptors (Lipinski definition) is 7. The molecule has 3 heterocycles. The second-order valence-corrected chi connectivity index (χ2v) is 9.45. The molecule has 1 fully saturated rings. The maximum Gasteiger partial charge on any atom is 0.433 e. The van der Waals surface area contributed by atoms with Crippen LogP contribution in [0.15, 0.2) is 36.7 Å². The summed E-state index contributed by atoms with van der Waals surface area (Å²) in [7, 11) is 0. The summed E-state index contributed by atoms with van der Waals surface area (Å²) in [6.07, 6.45) is -0.0179. The van der Waals surface area contributed by atoms with E-state index < -0.39 is 24.1 Å². The van der Waals surface area contributed by atoms with Gasteiger partial charge in [-0.05, 0) is 62.1 Å². The Labute approximate surface area is 198 Å². The minimum atomic E-state index is -4.56. The molecule has 0 amide bonds. The second kappa shape index (κ2) is 9.93.